The molecular formula is C15H20ClNOS. The highest BCUT2D eigenvalue weighted by Gasteiger charge is 2.16. The lowest BCUT2D eigenvalue weighted by atomic mass is 9.98. The first-order chi connectivity index (χ1) is 9.28. The molecule has 1 fully saturated rings. The molecule has 4 heteroatoms. The smallest absolute Gasteiger partial charge is 0.220 e. The lowest BCUT2D eigenvalue weighted by molar-refractivity contribution is -0.122. The van der Waals surface area contributed by atoms with Crippen LogP contribution in [0.15, 0.2) is 24.3 Å². The first-order valence-corrected chi connectivity index (χ1v) is 8.45. The summed E-state index contributed by atoms with van der Waals surface area (Å²) >= 11 is 7.80. The van der Waals surface area contributed by atoms with Gasteiger partial charge in [-0.2, -0.15) is 11.8 Å². The molecule has 0 aliphatic carbocycles. The van der Waals surface area contributed by atoms with Crippen LogP contribution in [0.2, 0.25) is 0 Å². The molecule has 0 radical (unpaired) electrons. The third-order valence-electron chi connectivity index (χ3n) is 3.45. The molecule has 1 amide bonds. The molecule has 1 heterocycles. The van der Waals surface area contributed by atoms with Gasteiger partial charge in [0.25, 0.3) is 0 Å². The van der Waals surface area contributed by atoms with Crippen molar-refractivity contribution in [1.82, 2.24) is 5.32 Å². The van der Waals surface area contributed by atoms with E-state index in [1.165, 1.54) is 24.3 Å². The van der Waals surface area contributed by atoms with Gasteiger partial charge in [0.05, 0.1) is 0 Å². The average molecular weight is 298 g/mol. The highest BCUT2D eigenvalue weighted by atomic mass is 35.5. The molecule has 2 rings (SSSR count). The normalized spacial score (nSPS) is 16.3. The van der Waals surface area contributed by atoms with Crippen molar-refractivity contribution in [2.45, 2.75) is 31.7 Å². The molecule has 1 saturated heterocycles. The average Bonchev–Trinajstić information content (AvgIpc) is 2.46. The minimum atomic E-state index is 0.174. The number of carbonyl (C=O) groups is 1. The van der Waals surface area contributed by atoms with Gasteiger partial charge in [0.1, 0.15) is 0 Å². The Morgan fingerprint density at radius 1 is 1.32 bits per heavy atom. The van der Waals surface area contributed by atoms with Gasteiger partial charge in [-0.15, -0.1) is 11.6 Å². The molecule has 19 heavy (non-hydrogen) atoms. The van der Waals surface area contributed by atoms with E-state index < -0.39 is 0 Å². The summed E-state index contributed by atoms with van der Waals surface area (Å²) in [5.41, 5.74) is 2.21. The number of rotatable bonds is 5. The summed E-state index contributed by atoms with van der Waals surface area (Å²) in [4.78, 5) is 11.9. The second-order valence-electron chi connectivity index (χ2n) is 4.99. The first kappa shape index (κ1) is 14.7. The molecule has 0 atom stereocenters. The van der Waals surface area contributed by atoms with Gasteiger partial charge in [-0.3, -0.25) is 4.79 Å². The molecule has 0 spiro atoms. The second kappa shape index (κ2) is 7.81. The maximum atomic E-state index is 11.9. The Kier molecular flexibility index (Phi) is 6.05. The molecule has 1 aliphatic rings. The maximum absolute atomic E-state index is 11.9. The molecule has 0 unspecified atom stereocenters. The number of halogens is 1. The molecule has 0 saturated carbocycles. The van der Waals surface area contributed by atoms with Crippen LogP contribution >= 0.6 is 23.4 Å². The van der Waals surface area contributed by atoms with E-state index in [-0.39, 0.29) is 5.91 Å². The molecule has 1 aromatic carbocycles. The molecule has 1 N–H and O–H groups in total. The number of hydrogen-bond acceptors (Lipinski definition) is 2. The maximum Gasteiger partial charge on any atom is 0.220 e. The molecule has 1 aromatic rings. The Morgan fingerprint density at radius 2 is 2.05 bits per heavy atom. The van der Waals surface area contributed by atoms with Crippen LogP contribution in [0, 0.1) is 5.92 Å². The van der Waals surface area contributed by atoms with Crippen molar-refractivity contribution in [3.63, 3.8) is 0 Å². The Hall–Kier alpha value is -0.670. The number of nitrogens with one attached hydrogen (secondary N) is 1. The van der Waals surface area contributed by atoms with Crippen LogP contribution < -0.4 is 5.32 Å². The SMILES string of the molecule is O=C(CC1CCSCC1)NCc1cccc(CCl)c1. The van der Waals surface area contributed by atoms with Gasteiger partial charge in [0.15, 0.2) is 0 Å². The van der Waals surface area contributed by atoms with Gasteiger partial charge in [-0.05, 0) is 41.4 Å². The van der Waals surface area contributed by atoms with Crippen molar-refractivity contribution in [3.05, 3.63) is 35.4 Å². The lowest BCUT2D eigenvalue weighted by Crippen LogP contribution is -2.26. The van der Waals surface area contributed by atoms with Crippen LogP contribution in [0.25, 0.3) is 0 Å². The van der Waals surface area contributed by atoms with Crippen molar-refractivity contribution in [1.29, 1.82) is 0 Å². The van der Waals surface area contributed by atoms with Crippen molar-refractivity contribution in [3.8, 4) is 0 Å². The van der Waals surface area contributed by atoms with Gasteiger partial charge in [0.2, 0.25) is 5.91 Å². The van der Waals surface area contributed by atoms with Crippen LogP contribution in [0.3, 0.4) is 0 Å². The number of benzene rings is 1. The molecule has 1 aliphatic heterocycles. The van der Waals surface area contributed by atoms with Crippen molar-refractivity contribution in [2.24, 2.45) is 5.92 Å². The molecule has 0 aromatic heterocycles. The minimum Gasteiger partial charge on any atom is -0.352 e. The standard InChI is InChI=1S/C15H20ClNOS/c16-10-13-2-1-3-14(8-13)11-17-15(18)9-12-4-6-19-7-5-12/h1-3,8,12H,4-7,9-11H2,(H,17,18). The van der Waals surface area contributed by atoms with Crippen molar-refractivity contribution in [2.75, 3.05) is 11.5 Å². The fourth-order valence-electron chi connectivity index (χ4n) is 2.31. The topological polar surface area (TPSA) is 29.1 Å². The van der Waals surface area contributed by atoms with E-state index in [0.29, 0.717) is 24.8 Å². The second-order valence-corrected chi connectivity index (χ2v) is 6.48. The van der Waals surface area contributed by atoms with Gasteiger partial charge in [-0.1, -0.05) is 24.3 Å². The zero-order valence-corrected chi connectivity index (χ0v) is 12.6. The summed E-state index contributed by atoms with van der Waals surface area (Å²) in [5.74, 6) is 3.68. The van der Waals surface area contributed by atoms with E-state index in [1.807, 2.05) is 36.0 Å². The highest BCUT2D eigenvalue weighted by Crippen LogP contribution is 2.25. The summed E-state index contributed by atoms with van der Waals surface area (Å²) < 4.78 is 0. The van der Waals surface area contributed by atoms with E-state index in [2.05, 4.69) is 5.32 Å². The van der Waals surface area contributed by atoms with Gasteiger partial charge in [0, 0.05) is 18.8 Å². The summed E-state index contributed by atoms with van der Waals surface area (Å²) in [6, 6.07) is 8.05. The van der Waals surface area contributed by atoms with Gasteiger partial charge in [-0.25, -0.2) is 0 Å². The van der Waals surface area contributed by atoms with Gasteiger partial charge >= 0.3 is 0 Å². The molecule has 2 nitrogen and oxygen atoms in total. The van der Waals surface area contributed by atoms with Crippen LogP contribution in [0.5, 0.6) is 0 Å². The highest BCUT2D eigenvalue weighted by molar-refractivity contribution is 7.99. The summed E-state index contributed by atoms with van der Waals surface area (Å²) in [7, 11) is 0. The molecule has 104 valence electrons. The fraction of sp³-hybridized carbons (Fsp3) is 0.533. The third-order valence-corrected chi connectivity index (χ3v) is 4.81. The fourth-order valence-corrected chi connectivity index (χ4v) is 3.68. The minimum absolute atomic E-state index is 0.174. The summed E-state index contributed by atoms with van der Waals surface area (Å²) in [6.45, 7) is 0.602. The Morgan fingerprint density at radius 3 is 2.79 bits per heavy atom. The van der Waals surface area contributed by atoms with E-state index in [1.54, 1.807) is 0 Å². The van der Waals surface area contributed by atoms with Crippen LogP contribution in [0.4, 0.5) is 0 Å². The predicted octanol–water partition coefficient (Wildman–Crippen LogP) is 3.57. The summed E-state index contributed by atoms with van der Waals surface area (Å²) in [5, 5.41) is 3.01. The number of carbonyl (C=O) groups excluding carboxylic acids is 1. The van der Waals surface area contributed by atoms with Gasteiger partial charge < -0.3 is 5.32 Å². The summed E-state index contributed by atoms with van der Waals surface area (Å²) in [6.07, 6.45) is 3.04. The lowest BCUT2D eigenvalue weighted by Gasteiger charge is -2.20. The Labute approximate surface area is 124 Å². The number of hydrogen-bond donors (Lipinski definition) is 1. The largest absolute Gasteiger partial charge is 0.352 e. The first-order valence-electron chi connectivity index (χ1n) is 6.76. The van der Waals surface area contributed by atoms with E-state index >= 15 is 0 Å². The number of alkyl halides is 1. The predicted molar refractivity (Wildman–Crippen MR) is 82.5 cm³/mol. The van der Waals surface area contributed by atoms with Crippen LogP contribution in [-0.4, -0.2) is 17.4 Å². The Balaban J connectivity index is 1.76. The number of amides is 1. The van der Waals surface area contributed by atoms with Crippen molar-refractivity contribution >= 4 is 29.3 Å². The van der Waals surface area contributed by atoms with E-state index in [0.717, 1.165) is 11.1 Å². The third kappa shape index (κ3) is 5.07. The van der Waals surface area contributed by atoms with Crippen molar-refractivity contribution < 1.29 is 4.79 Å². The Bertz CT molecular complexity index is 418. The van der Waals surface area contributed by atoms with E-state index in [9.17, 15) is 4.79 Å². The zero-order chi connectivity index (χ0) is 13.5. The zero-order valence-electron chi connectivity index (χ0n) is 11.0. The quantitative estimate of drug-likeness (QED) is 0.842. The monoisotopic (exact) mass is 297 g/mol. The molecular weight excluding hydrogens is 278 g/mol. The van der Waals surface area contributed by atoms with Crippen LogP contribution in [-0.2, 0) is 17.2 Å². The van der Waals surface area contributed by atoms with Crippen LogP contribution in [0.1, 0.15) is 30.4 Å². The van der Waals surface area contributed by atoms with E-state index in [4.69, 9.17) is 11.6 Å². The molecule has 0 bridgehead atoms. The number of thioether (sulfide) groups is 1.